The zero-order valence-corrected chi connectivity index (χ0v) is 14.3. The Kier molecular flexibility index (Phi) is 6.48. The molecule has 1 fully saturated rings. The van der Waals surface area contributed by atoms with E-state index in [1.165, 1.54) is 18.2 Å². The maximum atomic E-state index is 11.5. The first-order valence-electron chi connectivity index (χ1n) is 7.97. The Morgan fingerprint density at radius 3 is 2.65 bits per heavy atom. The standard InChI is InChI=1S/C16H21NO9/c1-8(2)15(21)24-6-9-3-4-12(10(5-9)17(22)23)26-16-14(20)13(19)11(18)7-25-16/h3-5,8,11,13-14,16,18-20H,6-7H2,1-2H3/t11-,13+,14-,16+/m1/s1. The summed E-state index contributed by atoms with van der Waals surface area (Å²) in [5.74, 6) is -0.944. The minimum Gasteiger partial charge on any atom is -0.461 e. The Balaban J connectivity index is 2.13. The number of rotatable bonds is 6. The molecule has 10 nitrogen and oxygen atoms in total. The number of hydrogen-bond donors (Lipinski definition) is 3. The van der Waals surface area contributed by atoms with E-state index in [9.17, 15) is 30.2 Å². The first kappa shape index (κ1) is 20.0. The van der Waals surface area contributed by atoms with Crippen LogP contribution in [-0.4, -0.2) is 57.4 Å². The molecule has 0 amide bonds. The van der Waals surface area contributed by atoms with Crippen LogP contribution >= 0.6 is 0 Å². The summed E-state index contributed by atoms with van der Waals surface area (Å²) in [5, 5.41) is 40.2. The number of carbonyl (C=O) groups excluding carboxylic acids is 1. The molecule has 144 valence electrons. The number of ether oxygens (including phenoxy) is 3. The van der Waals surface area contributed by atoms with Crippen LogP contribution in [0.5, 0.6) is 5.75 Å². The third-order valence-corrected chi connectivity index (χ3v) is 3.77. The molecule has 1 aliphatic heterocycles. The molecule has 26 heavy (non-hydrogen) atoms. The largest absolute Gasteiger partial charge is 0.461 e. The minimum absolute atomic E-state index is 0.133. The van der Waals surface area contributed by atoms with Crippen molar-refractivity contribution in [2.75, 3.05) is 6.61 Å². The molecule has 0 aromatic heterocycles. The van der Waals surface area contributed by atoms with Gasteiger partial charge in [-0.15, -0.1) is 0 Å². The molecule has 3 N–H and O–H groups in total. The van der Waals surface area contributed by atoms with Crippen molar-refractivity contribution in [3.05, 3.63) is 33.9 Å². The van der Waals surface area contributed by atoms with Crippen LogP contribution in [0.3, 0.4) is 0 Å². The summed E-state index contributed by atoms with van der Waals surface area (Å²) in [5.41, 5.74) is -0.0295. The summed E-state index contributed by atoms with van der Waals surface area (Å²) in [4.78, 5) is 22.1. The summed E-state index contributed by atoms with van der Waals surface area (Å²) < 4.78 is 15.4. The minimum atomic E-state index is -1.58. The topological polar surface area (TPSA) is 149 Å². The zero-order valence-electron chi connectivity index (χ0n) is 14.3. The van der Waals surface area contributed by atoms with E-state index < -0.39 is 41.2 Å². The number of aliphatic hydroxyl groups is 3. The normalized spacial score (nSPS) is 25.8. The first-order chi connectivity index (χ1) is 12.2. The summed E-state index contributed by atoms with van der Waals surface area (Å²) in [7, 11) is 0. The average Bonchev–Trinajstić information content (AvgIpc) is 2.60. The highest BCUT2D eigenvalue weighted by molar-refractivity contribution is 5.71. The second kappa shape index (κ2) is 8.41. The number of aliphatic hydroxyl groups excluding tert-OH is 3. The molecule has 1 aromatic rings. The van der Waals surface area contributed by atoms with Crippen molar-refractivity contribution in [3.8, 4) is 5.75 Å². The highest BCUT2D eigenvalue weighted by atomic mass is 16.7. The average molecular weight is 371 g/mol. The van der Waals surface area contributed by atoms with E-state index in [0.717, 1.165) is 0 Å². The van der Waals surface area contributed by atoms with Gasteiger partial charge in [-0.3, -0.25) is 14.9 Å². The molecule has 1 aromatic carbocycles. The van der Waals surface area contributed by atoms with Crippen molar-refractivity contribution >= 4 is 11.7 Å². The number of carbonyl (C=O) groups is 1. The number of nitrogens with zero attached hydrogens (tertiary/aromatic N) is 1. The lowest BCUT2D eigenvalue weighted by molar-refractivity contribution is -0.386. The number of nitro benzene ring substituents is 1. The van der Waals surface area contributed by atoms with E-state index in [-0.39, 0.29) is 24.9 Å². The molecule has 1 saturated heterocycles. The van der Waals surface area contributed by atoms with E-state index in [1.807, 2.05) is 0 Å². The molecule has 2 rings (SSSR count). The molecular weight excluding hydrogens is 350 g/mol. The van der Waals surface area contributed by atoms with Crippen molar-refractivity contribution in [2.45, 2.75) is 45.1 Å². The fraction of sp³-hybridized carbons (Fsp3) is 0.562. The zero-order chi connectivity index (χ0) is 19.4. The number of hydrogen-bond acceptors (Lipinski definition) is 9. The molecule has 0 saturated carbocycles. The lowest BCUT2D eigenvalue weighted by Gasteiger charge is -2.34. The van der Waals surface area contributed by atoms with Crippen LogP contribution < -0.4 is 4.74 Å². The molecule has 0 bridgehead atoms. The molecular formula is C16H21NO9. The van der Waals surface area contributed by atoms with Crippen LogP contribution in [0.25, 0.3) is 0 Å². The van der Waals surface area contributed by atoms with Gasteiger partial charge in [0.25, 0.3) is 0 Å². The van der Waals surface area contributed by atoms with E-state index in [4.69, 9.17) is 14.2 Å². The monoisotopic (exact) mass is 371 g/mol. The molecule has 4 atom stereocenters. The molecule has 0 unspecified atom stereocenters. The van der Waals surface area contributed by atoms with Gasteiger partial charge >= 0.3 is 11.7 Å². The first-order valence-corrected chi connectivity index (χ1v) is 7.97. The maximum Gasteiger partial charge on any atom is 0.311 e. The quantitative estimate of drug-likeness (QED) is 0.360. The van der Waals surface area contributed by atoms with Crippen LogP contribution in [0, 0.1) is 16.0 Å². The summed E-state index contributed by atoms with van der Waals surface area (Å²) in [6.45, 7) is 2.91. The van der Waals surface area contributed by atoms with Gasteiger partial charge in [-0.1, -0.05) is 19.9 Å². The van der Waals surface area contributed by atoms with Crippen LogP contribution in [0.2, 0.25) is 0 Å². The molecule has 0 radical (unpaired) electrons. The Labute approximate surface area is 149 Å². The van der Waals surface area contributed by atoms with E-state index >= 15 is 0 Å². The number of benzene rings is 1. The highest BCUT2D eigenvalue weighted by Gasteiger charge is 2.39. The van der Waals surface area contributed by atoms with Crippen molar-refractivity contribution in [3.63, 3.8) is 0 Å². The van der Waals surface area contributed by atoms with Crippen molar-refractivity contribution in [1.29, 1.82) is 0 Å². The van der Waals surface area contributed by atoms with Gasteiger partial charge in [-0.25, -0.2) is 0 Å². The van der Waals surface area contributed by atoms with Gasteiger partial charge in [0, 0.05) is 6.07 Å². The maximum absolute atomic E-state index is 11.5. The van der Waals surface area contributed by atoms with Gasteiger partial charge in [0.15, 0.2) is 5.75 Å². The molecule has 0 aliphatic carbocycles. The Morgan fingerprint density at radius 2 is 2.04 bits per heavy atom. The Morgan fingerprint density at radius 1 is 1.35 bits per heavy atom. The lowest BCUT2D eigenvalue weighted by Crippen LogP contribution is -2.54. The summed E-state index contributed by atoms with van der Waals surface area (Å²) in [6.07, 6.45) is -5.73. The molecule has 0 spiro atoms. The lowest BCUT2D eigenvalue weighted by atomic mass is 10.1. The van der Waals surface area contributed by atoms with E-state index in [0.29, 0.717) is 5.56 Å². The molecule has 10 heteroatoms. The predicted octanol–water partition coefficient (Wildman–Crippen LogP) is 0.112. The third-order valence-electron chi connectivity index (χ3n) is 3.77. The SMILES string of the molecule is CC(C)C(=O)OCc1ccc(O[C@@H]2OC[C@@H](O)[C@H](O)[C@H]2O)c([N+](=O)[O-])c1. The molecule has 1 heterocycles. The van der Waals surface area contributed by atoms with Crippen LogP contribution in [-0.2, 0) is 20.9 Å². The fourth-order valence-corrected chi connectivity index (χ4v) is 2.22. The van der Waals surface area contributed by atoms with Crippen molar-refractivity contribution in [2.24, 2.45) is 5.92 Å². The predicted molar refractivity (Wildman–Crippen MR) is 86.1 cm³/mol. The smallest absolute Gasteiger partial charge is 0.311 e. The fourth-order valence-electron chi connectivity index (χ4n) is 2.22. The van der Waals surface area contributed by atoms with Gasteiger partial charge in [0.1, 0.15) is 24.9 Å². The van der Waals surface area contributed by atoms with Gasteiger partial charge < -0.3 is 29.5 Å². The summed E-state index contributed by atoms with van der Waals surface area (Å²) >= 11 is 0. The number of esters is 1. The van der Waals surface area contributed by atoms with Gasteiger partial charge in [-0.05, 0) is 11.6 Å². The van der Waals surface area contributed by atoms with Crippen LogP contribution in [0.4, 0.5) is 5.69 Å². The van der Waals surface area contributed by atoms with Gasteiger partial charge in [0.2, 0.25) is 6.29 Å². The van der Waals surface area contributed by atoms with E-state index in [1.54, 1.807) is 13.8 Å². The third kappa shape index (κ3) is 4.67. The van der Waals surface area contributed by atoms with Crippen molar-refractivity contribution in [1.82, 2.24) is 0 Å². The second-order valence-electron chi connectivity index (χ2n) is 6.19. The van der Waals surface area contributed by atoms with Gasteiger partial charge in [0.05, 0.1) is 17.4 Å². The van der Waals surface area contributed by atoms with Gasteiger partial charge in [-0.2, -0.15) is 0 Å². The van der Waals surface area contributed by atoms with E-state index in [2.05, 4.69) is 0 Å². The Bertz CT molecular complexity index is 663. The second-order valence-corrected chi connectivity index (χ2v) is 6.19. The Hall–Kier alpha value is -2.27. The van der Waals surface area contributed by atoms with Crippen LogP contribution in [0.1, 0.15) is 19.4 Å². The van der Waals surface area contributed by atoms with Crippen molar-refractivity contribution < 1.29 is 39.2 Å². The number of nitro groups is 1. The molecule has 1 aliphatic rings. The summed E-state index contributed by atoms with van der Waals surface area (Å²) in [6, 6.07) is 3.93. The highest BCUT2D eigenvalue weighted by Crippen LogP contribution is 2.31. The van der Waals surface area contributed by atoms with Crippen LogP contribution in [0.15, 0.2) is 18.2 Å².